The summed E-state index contributed by atoms with van der Waals surface area (Å²) >= 11 is 0. The Bertz CT molecular complexity index is 628. The summed E-state index contributed by atoms with van der Waals surface area (Å²) in [7, 11) is 2.18. The number of hydrogen-bond donors (Lipinski definition) is 0. The lowest BCUT2D eigenvalue weighted by atomic mass is 9.88. The summed E-state index contributed by atoms with van der Waals surface area (Å²) in [5.41, 5.74) is 1.98. The third-order valence-corrected chi connectivity index (χ3v) is 5.82. The SMILES string of the molecule is CN1CCC[C@H](CCC(=O)N2CCC(c3cccc(C#N)c3)CC2)C1. The molecule has 1 aromatic carbocycles. The van der Waals surface area contributed by atoms with Crippen LogP contribution in [0.2, 0.25) is 0 Å². The number of amides is 1. The maximum Gasteiger partial charge on any atom is 0.222 e. The predicted octanol–water partition coefficient (Wildman–Crippen LogP) is 3.39. The minimum atomic E-state index is 0.331. The molecule has 0 unspecified atom stereocenters. The number of piperidine rings is 2. The molecule has 0 aliphatic carbocycles. The van der Waals surface area contributed by atoms with E-state index in [1.807, 2.05) is 18.2 Å². The van der Waals surface area contributed by atoms with Crippen molar-refractivity contribution in [2.75, 3.05) is 33.2 Å². The lowest BCUT2D eigenvalue weighted by Gasteiger charge is -2.33. The molecule has 1 amide bonds. The minimum Gasteiger partial charge on any atom is -0.343 e. The van der Waals surface area contributed by atoms with Gasteiger partial charge in [0.25, 0.3) is 0 Å². The quantitative estimate of drug-likeness (QED) is 0.845. The van der Waals surface area contributed by atoms with Crippen LogP contribution in [0, 0.1) is 17.2 Å². The number of carbonyl (C=O) groups excluding carboxylic acids is 1. The average Bonchev–Trinajstić information content (AvgIpc) is 2.66. The molecular weight excluding hydrogens is 310 g/mol. The predicted molar refractivity (Wildman–Crippen MR) is 99.2 cm³/mol. The Hall–Kier alpha value is -1.86. The molecule has 0 saturated carbocycles. The van der Waals surface area contributed by atoms with Crippen LogP contribution >= 0.6 is 0 Å². The molecule has 2 aliphatic heterocycles. The van der Waals surface area contributed by atoms with Gasteiger partial charge in [0.2, 0.25) is 5.91 Å². The van der Waals surface area contributed by atoms with Gasteiger partial charge in [-0.2, -0.15) is 5.26 Å². The largest absolute Gasteiger partial charge is 0.343 e. The summed E-state index contributed by atoms with van der Waals surface area (Å²) in [6.45, 7) is 4.05. The highest BCUT2D eigenvalue weighted by Gasteiger charge is 2.25. The Kier molecular flexibility index (Phi) is 6.09. The van der Waals surface area contributed by atoms with Gasteiger partial charge in [0.15, 0.2) is 0 Å². The molecule has 2 fully saturated rings. The zero-order valence-corrected chi connectivity index (χ0v) is 15.3. The van der Waals surface area contributed by atoms with Gasteiger partial charge in [0.05, 0.1) is 11.6 Å². The van der Waals surface area contributed by atoms with Gasteiger partial charge in [-0.05, 0) is 75.2 Å². The zero-order valence-electron chi connectivity index (χ0n) is 15.3. The summed E-state index contributed by atoms with van der Waals surface area (Å²) in [6, 6.07) is 10.1. The zero-order chi connectivity index (χ0) is 17.6. The van der Waals surface area contributed by atoms with Gasteiger partial charge in [-0.15, -0.1) is 0 Å². The standard InChI is InChI=1S/C21H29N3O/c1-23-11-3-5-17(16-23)7-8-21(25)24-12-9-19(10-13-24)20-6-2-4-18(14-20)15-22/h2,4,6,14,17,19H,3,5,7-13,16H2,1H3/t17-/m1/s1. The molecule has 0 bridgehead atoms. The lowest BCUT2D eigenvalue weighted by molar-refractivity contribution is -0.132. The van der Waals surface area contributed by atoms with E-state index in [2.05, 4.69) is 29.0 Å². The third-order valence-electron chi connectivity index (χ3n) is 5.82. The summed E-state index contributed by atoms with van der Waals surface area (Å²) in [4.78, 5) is 17.0. The smallest absolute Gasteiger partial charge is 0.222 e. The molecule has 4 nitrogen and oxygen atoms in total. The van der Waals surface area contributed by atoms with Crippen LogP contribution in [0.3, 0.4) is 0 Å². The summed E-state index contributed by atoms with van der Waals surface area (Å²) in [6.07, 6.45) is 6.29. The second-order valence-corrected chi connectivity index (χ2v) is 7.70. The molecule has 1 aromatic rings. The van der Waals surface area contributed by atoms with E-state index in [0.717, 1.165) is 44.5 Å². The number of benzene rings is 1. The Morgan fingerprint density at radius 3 is 2.76 bits per heavy atom. The normalized spacial score (nSPS) is 22.6. The first-order chi connectivity index (χ1) is 12.2. The summed E-state index contributed by atoms with van der Waals surface area (Å²) in [5.74, 6) is 1.50. The van der Waals surface area contributed by atoms with E-state index in [0.29, 0.717) is 24.2 Å². The molecule has 0 radical (unpaired) electrons. The Morgan fingerprint density at radius 1 is 1.24 bits per heavy atom. The van der Waals surface area contributed by atoms with Gasteiger partial charge >= 0.3 is 0 Å². The van der Waals surface area contributed by atoms with E-state index in [1.54, 1.807) is 0 Å². The Morgan fingerprint density at radius 2 is 2.04 bits per heavy atom. The molecule has 2 heterocycles. The highest BCUT2D eigenvalue weighted by atomic mass is 16.2. The highest BCUT2D eigenvalue weighted by molar-refractivity contribution is 5.76. The lowest BCUT2D eigenvalue weighted by Crippen LogP contribution is -2.38. The van der Waals surface area contributed by atoms with E-state index >= 15 is 0 Å². The van der Waals surface area contributed by atoms with Gasteiger partial charge in [-0.25, -0.2) is 0 Å². The van der Waals surface area contributed by atoms with Crippen molar-refractivity contribution in [3.8, 4) is 6.07 Å². The van der Waals surface area contributed by atoms with E-state index in [4.69, 9.17) is 5.26 Å². The van der Waals surface area contributed by atoms with Crippen LogP contribution in [0.5, 0.6) is 0 Å². The first-order valence-corrected chi connectivity index (χ1v) is 9.62. The van der Waals surface area contributed by atoms with Gasteiger partial charge in [-0.1, -0.05) is 12.1 Å². The number of hydrogen-bond acceptors (Lipinski definition) is 3. The number of nitrogens with zero attached hydrogens (tertiary/aromatic N) is 3. The van der Waals surface area contributed by atoms with Crippen LogP contribution in [0.1, 0.15) is 55.6 Å². The van der Waals surface area contributed by atoms with Gasteiger partial charge < -0.3 is 9.80 Å². The molecule has 2 saturated heterocycles. The van der Waals surface area contributed by atoms with E-state index in [9.17, 15) is 4.79 Å². The van der Waals surface area contributed by atoms with E-state index in [1.165, 1.54) is 24.9 Å². The van der Waals surface area contributed by atoms with Crippen LogP contribution in [0.15, 0.2) is 24.3 Å². The minimum absolute atomic E-state index is 0.331. The second kappa shape index (κ2) is 8.49. The van der Waals surface area contributed by atoms with Crippen LogP contribution in [-0.4, -0.2) is 48.9 Å². The van der Waals surface area contributed by atoms with Crippen molar-refractivity contribution in [3.63, 3.8) is 0 Å². The molecule has 3 rings (SSSR count). The van der Waals surface area contributed by atoms with Gasteiger partial charge in [0.1, 0.15) is 0 Å². The van der Waals surface area contributed by atoms with Crippen molar-refractivity contribution >= 4 is 5.91 Å². The average molecular weight is 339 g/mol. The van der Waals surface area contributed by atoms with Crippen LogP contribution < -0.4 is 0 Å². The van der Waals surface area contributed by atoms with E-state index < -0.39 is 0 Å². The number of nitriles is 1. The molecule has 4 heteroatoms. The number of likely N-dealkylation sites (tertiary alicyclic amines) is 2. The molecule has 0 spiro atoms. The maximum absolute atomic E-state index is 12.5. The fourth-order valence-electron chi connectivity index (χ4n) is 4.32. The van der Waals surface area contributed by atoms with Crippen molar-refractivity contribution in [2.24, 2.45) is 5.92 Å². The first-order valence-electron chi connectivity index (χ1n) is 9.62. The van der Waals surface area contributed by atoms with Crippen molar-refractivity contribution in [3.05, 3.63) is 35.4 Å². The van der Waals surface area contributed by atoms with Crippen LogP contribution in [0.25, 0.3) is 0 Å². The number of rotatable bonds is 4. The van der Waals surface area contributed by atoms with Crippen molar-refractivity contribution < 1.29 is 4.79 Å². The first kappa shape index (κ1) is 17.9. The van der Waals surface area contributed by atoms with Gasteiger partial charge in [-0.3, -0.25) is 4.79 Å². The fourth-order valence-corrected chi connectivity index (χ4v) is 4.32. The Balaban J connectivity index is 1.45. The Labute approximate surface area is 151 Å². The number of carbonyl (C=O) groups is 1. The van der Waals surface area contributed by atoms with Crippen LogP contribution in [-0.2, 0) is 4.79 Å². The highest BCUT2D eigenvalue weighted by Crippen LogP contribution is 2.29. The molecule has 2 aliphatic rings. The van der Waals surface area contributed by atoms with Gasteiger partial charge in [0, 0.05) is 26.1 Å². The van der Waals surface area contributed by atoms with Crippen molar-refractivity contribution in [1.82, 2.24) is 9.80 Å². The second-order valence-electron chi connectivity index (χ2n) is 7.70. The summed E-state index contributed by atoms with van der Waals surface area (Å²) in [5, 5.41) is 9.05. The fraction of sp³-hybridized carbons (Fsp3) is 0.619. The molecular formula is C21H29N3O. The molecule has 1 atom stereocenters. The van der Waals surface area contributed by atoms with Crippen molar-refractivity contribution in [1.29, 1.82) is 5.26 Å². The topological polar surface area (TPSA) is 47.3 Å². The maximum atomic E-state index is 12.5. The molecule has 0 aromatic heterocycles. The monoisotopic (exact) mass is 339 g/mol. The van der Waals surface area contributed by atoms with E-state index in [-0.39, 0.29) is 0 Å². The molecule has 134 valence electrons. The molecule has 0 N–H and O–H groups in total. The van der Waals surface area contributed by atoms with Crippen LogP contribution in [0.4, 0.5) is 0 Å². The van der Waals surface area contributed by atoms with Crippen molar-refractivity contribution in [2.45, 2.75) is 44.4 Å². The molecule has 25 heavy (non-hydrogen) atoms. The third kappa shape index (κ3) is 4.83. The summed E-state index contributed by atoms with van der Waals surface area (Å²) < 4.78 is 0.